The van der Waals surface area contributed by atoms with Crippen molar-refractivity contribution in [2.24, 2.45) is 5.92 Å². The molecule has 230 valence electrons. The lowest BCUT2D eigenvalue weighted by atomic mass is 9.84. The first-order valence-electron chi connectivity index (χ1n) is 14.9. The number of amides is 1. The average molecular weight is 584 g/mol. The number of hydrogen-bond donors (Lipinski definition) is 3. The van der Waals surface area contributed by atoms with Crippen LogP contribution in [0.15, 0.2) is 115 Å². The minimum absolute atomic E-state index is 0.106. The first-order chi connectivity index (χ1) is 20.8. The second kappa shape index (κ2) is 19.9. The van der Waals surface area contributed by atoms with Crippen LogP contribution in [-0.4, -0.2) is 37.8 Å². The Balaban J connectivity index is 0.000000503. The zero-order chi connectivity index (χ0) is 31.5. The van der Waals surface area contributed by atoms with Gasteiger partial charge in [0.25, 0.3) is 5.91 Å². The molecule has 1 fully saturated rings. The molecule has 0 radical (unpaired) electrons. The molecular weight excluding hydrogens is 534 g/mol. The Morgan fingerprint density at radius 1 is 0.953 bits per heavy atom. The number of nitrogen functional groups attached to an aromatic ring is 1. The molecule has 4 rings (SSSR count). The number of rotatable bonds is 10. The number of allylic oxidation sites excluding steroid dienone is 6. The van der Waals surface area contributed by atoms with Gasteiger partial charge in [-0.1, -0.05) is 78.9 Å². The lowest BCUT2D eigenvalue weighted by Gasteiger charge is -2.48. The normalized spacial score (nSPS) is 16.7. The monoisotopic (exact) mass is 583 g/mol. The van der Waals surface area contributed by atoms with Gasteiger partial charge in [0, 0.05) is 50.3 Å². The molecule has 0 saturated carbocycles. The van der Waals surface area contributed by atoms with Gasteiger partial charge in [-0.3, -0.25) is 4.79 Å². The van der Waals surface area contributed by atoms with Gasteiger partial charge in [0.2, 0.25) is 0 Å². The molecule has 1 amide bonds. The molecule has 1 saturated heterocycles. The summed E-state index contributed by atoms with van der Waals surface area (Å²) in [7, 11) is 3.25. The average Bonchev–Trinajstić information content (AvgIpc) is 3.03. The highest BCUT2D eigenvalue weighted by atomic mass is 16.4. The van der Waals surface area contributed by atoms with E-state index < -0.39 is 0 Å². The van der Waals surface area contributed by atoms with Crippen LogP contribution in [0.4, 0.5) is 11.4 Å². The van der Waals surface area contributed by atoms with Gasteiger partial charge >= 0.3 is 0 Å². The molecule has 3 atom stereocenters. The molecule has 3 unspecified atom stereocenters. The van der Waals surface area contributed by atoms with Gasteiger partial charge < -0.3 is 25.8 Å². The summed E-state index contributed by atoms with van der Waals surface area (Å²) >= 11 is 0. The summed E-state index contributed by atoms with van der Waals surface area (Å²) in [5.74, 6) is 0.484. The van der Waals surface area contributed by atoms with E-state index in [0.29, 0.717) is 29.8 Å². The third kappa shape index (κ3) is 12.3. The van der Waals surface area contributed by atoms with Crippen LogP contribution in [-0.2, 0) is 11.3 Å². The second-order valence-electron chi connectivity index (χ2n) is 10.5. The Hall–Kier alpha value is -4.13. The van der Waals surface area contributed by atoms with E-state index in [4.69, 9.17) is 5.73 Å². The fourth-order valence-corrected chi connectivity index (χ4v) is 4.65. The van der Waals surface area contributed by atoms with E-state index in [2.05, 4.69) is 46.1 Å². The minimum atomic E-state index is -0.389. The van der Waals surface area contributed by atoms with Crippen molar-refractivity contribution in [2.45, 2.75) is 52.3 Å². The zero-order valence-corrected chi connectivity index (χ0v) is 26.3. The number of carbonyl (C=O) groups is 1. The molecular formula is C37H49N3O3. The smallest absolute Gasteiger partial charge is 0.251 e. The Labute approximate surface area is 258 Å². The molecule has 43 heavy (non-hydrogen) atoms. The van der Waals surface area contributed by atoms with Gasteiger partial charge in [-0.2, -0.15) is 0 Å². The second-order valence-corrected chi connectivity index (χ2v) is 10.5. The van der Waals surface area contributed by atoms with Crippen molar-refractivity contribution in [3.63, 3.8) is 0 Å². The standard InChI is InChI=1S/C27H31N3O2.C8H12.C2H6O/c1-19-23(11-16-26(31)21-5-3-2-4-6-21)18-30(19)25-14-7-20(8-15-25)17-29-27(32)22-9-12-24(28)13-10-22;1-3-5-7-8-6-4-2;1-3-2/h2-10,12-15,19,23,26,31H,11,16-18,28H2,1H3,(H,29,32);3-8H,1-2H3;1-2H3/b;5-3-,6-4-,8-7-;. The van der Waals surface area contributed by atoms with Crippen LogP contribution in [0.2, 0.25) is 0 Å². The summed E-state index contributed by atoms with van der Waals surface area (Å²) in [4.78, 5) is 14.7. The maximum atomic E-state index is 12.3. The highest BCUT2D eigenvalue weighted by Crippen LogP contribution is 2.35. The number of carbonyl (C=O) groups excluding carboxylic acids is 1. The molecule has 3 aromatic carbocycles. The number of benzene rings is 3. The van der Waals surface area contributed by atoms with Crippen LogP contribution in [0.5, 0.6) is 0 Å². The first-order valence-corrected chi connectivity index (χ1v) is 14.9. The molecule has 0 aromatic heterocycles. The van der Waals surface area contributed by atoms with Crippen molar-refractivity contribution in [1.82, 2.24) is 5.32 Å². The highest BCUT2D eigenvalue weighted by Gasteiger charge is 2.35. The molecule has 0 bridgehead atoms. The number of aliphatic hydroxyl groups is 1. The summed E-state index contributed by atoms with van der Waals surface area (Å²) in [5, 5.41) is 13.4. The van der Waals surface area contributed by atoms with E-state index in [0.717, 1.165) is 30.5 Å². The Morgan fingerprint density at radius 2 is 1.53 bits per heavy atom. The van der Waals surface area contributed by atoms with E-state index in [1.807, 2.05) is 80.6 Å². The number of nitrogens with one attached hydrogen (secondary N) is 1. The van der Waals surface area contributed by atoms with Gasteiger partial charge in [0.05, 0.1) is 6.10 Å². The zero-order valence-electron chi connectivity index (χ0n) is 26.3. The molecule has 3 aromatic rings. The topological polar surface area (TPSA) is 87.8 Å². The van der Waals surface area contributed by atoms with Crippen LogP contribution >= 0.6 is 0 Å². The first kappa shape index (κ1) is 35.1. The van der Waals surface area contributed by atoms with E-state index in [9.17, 15) is 9.90 Å². The van der Waals surface area contributed by atoms with Crippen LogP contribution < -0.4 is 16.0 Å². The molecule has 0 spiro atoms. The molecule has 1 aliphatic heterocycles. The van der Waals surface area contributed by atoms with Gasteiger partial charge in [-0.15, -0.1) is 0 Å². The van der Waals surface area contributed by atoms with Crippen molar-refractivity contribution in [3.05, 3.63) is 132 Å². The third-order valence-corrected chi connectivity index (χ3v) is 7.21. The summed E-state index contributed by atoms with van der Waals surface area (Å²) in [6, 6.07) is 25.6. The lowest BCUT2D eigenvalue weighted by Crippen LogP contribution is -2.54. The summed E-state index contributed by atoms with van der Waals surface area (Å²) in [6.45, 7) is 7.75. The van der Waals surface area contributed by atoms with E-state index >= 15 is 0 Å². The Morgan fingerprint density at radius 3 is 2.07 bits per heavy atom. The van der Waals surface area contributed by atoms with Crippen LogP contribution in [0, 0.1) is 5.92 Å². The fraction of sp³-hybridized carbons (Fsp3) is 0.324. The van der Waals surface area contributed by atoms with Crippen molar-refractivity contribution < 1.29 is 14.6 Å². The van der Waals surface area contributed by atoms with Gasteiger partial charge in [-0.25, -0.2) is 0 Å². The molecule has 6 nitrogen and oxygen atoms in total. The number of ether oxygens (including phenoxy) is 1. The van der Waals surface area contributed by atoms with Gasteiger partial charge in [0.15, 0.2) is 0 Å². The highest BCUT2D eigenvalue weighted by molar-refractivity contribution is 5.94. The summed E-state index contributed by atoms with van der Waals surface area (Å²) in [5.41, 5.74) is 10.2. The number of hydrogen-bond acceptors (Lipinski definition) is 5. The Bertz CT molecular complexity index is 1250. The van der Waals surface area contributed by atoms with Crippen molar-refractivity contribution in [1.29, 1.82) is 0 Å². The predicted octanol–water partition coefficient (Wildman–Crippen LogP) is 7.49. The predicted molar refractivity (Wildman–Crippen MR) is 181 cm³/mol. The summed E-state index contributed by atoms with van der Waals surface area (Å²) < 4.78 is 4.25. The molecule has 4 N–H and O–H groups in total. The molecule has 1 heterocycles. The van der Waals surface area contributed by atoms with Gasteiger partial charge in [-0.05, 0) is 87.1 Å². The van der Waals surface area contributed by atoms with E-state index in [1.54, 1.807) is 38.5 Å². The van der Waals surface area contributed by atoms with E-state index in [-0.39, 0.29) is 12.0 Å². The lowest BCUT2D eigenvalue weighted by molar-refractivity contribution is 0.0951. The largest absolute Gasteiger partial charge is 0.399 e. The van der Waals surface area contributed by atoms with Crippen LogP contribution in [0.25, 0.3) is 0 Å². The number of nitrogens with zero attached hydrogens (tertiary/aromatic N) is 1. The minimum Gasteiger partial charge on any atom is -0.399 e. The fourth-order valence-electron chi connectivity index (χ4n) is 4.65. The van der Waals surface area contributed by atoms with Crippen LogP contribution in [0.1, 0.15) is 61.2 Å². The SMILES string of the molecule is CC1C(CCC(O)c2ccccc2)CN1c1ccc(CNC(=O)c2ccc(N)cc2)cc1.COC.C\C=C/C=C\C=C/C. The number of methoxy groups -OCH3 is 1. The quantitative estimate of drug-likeness (QED) is 0.170. The number of aliphatic hydroxyl groups excluding tert-OH is 1. The Kier molecular flexibility index (Phi) is 16.2. The maximum absolute atomic E-state index is 12.3. The third-order valence-electron chi connectivity index (χ3n) is 7.21. The van der Waals surface area contributed by atoms with Gasteiger partial charge in [0.1, 0.15) is 0 Å². The number of anilines is 2. The number of nitrogens with two attached hydrogens (primary N) is 1. The maximum Gasteiger partial charge on any atom is 0.251 e. The van der Waals surface area contributed by atoms with Crippen molar-refractivity contribution in [2.75, 3.05) is 31.4 Å². The van der Waals surface area contributed by atoms with Crippen molar-refractivity contribution >= 4 is 17.3 Å². The molecule has 1 aliphatic rings. The molecule has 6 heteroatoms. The molecule has 0 aliphatic carbocycles. The van der Waals surface area contributed by atoms with E-state index in [1.165, 1.54) is 5.69 Å². The van der Waals surface area contributed by atoms with Crippen LogP contribution in [0.3, 0.4) is 0 Å². The summed E-state index contributed by atoms with van der Waals surface area (Å²) in [6.07, 6.45) is 13.4. The van der Waals surface area contributed by atoms with Crippen molar-refractivity contribution in [3.8, 4) is 0 Å².